The van der Waals surface area contributed by atoms with Gasteiger partial charge < -0.3 is 5.11 Å². The van der Waals surface area contributed by atoms with Crippen LogP contribution in [-0.2, 0) is 26.3 Å². The molecule has 0 aliphatic heterocycles. The molecule has 0 unspecified atom stereocenters. The first-order valence-electron chi connectivity index (χ1n) is 14.5. The van der Waals surface area contributed by atoms with Crippen molar-refractivity contribution in [1.29, 1.82) is 0 Å². The molecule has 4 rings (SSSR count). The van der Waals surface area contributed by atoms with Crippen molar-refractivity contribution in [3.05, 3.63) is 112 Å². The highest BCUT2D eigenvalue weighted by Gasteiger charge is 2.22. The minimum Gasteiger partial charge on any atom is -0.386 e. The number of halogens is 1. The van der Waals surface area contributed by atoms with Crippen molar-refractivity contribution in [3.8, 4) is 0 Å². The van der Waals surface area contributed by atoms with E-state index in [9.17, 15) is 13.5 Å². The number of fused-ring (bicyclic) bond motifs is 1. The minimum absolute atomic E-state index is 0.0223. The average molecular weight is 542 g/mol. The maximum Gasteiger partial charge on any atom is 0.264 e. The number of rotatable bonds is 9. The lowest BCUT2D eigenvalue weighted by atomic mass is 9.90. The van der Waals surface area contributed by atoms with E-state index >= 15 is 0 Å². The smallest absolute Gasteiger partial charge is 0.264 e. The molecule has 0 aliphatic carbocycles. The first kappa shape index (κ1) is 20.0. The van der Waals surface area contributed by atoms with Gasteiger partial charge in [0.05, 0.1) is 23.1 Å². The van der Waals surface area contributed by atoms with Gasteiger partial charge in [0.1, 0.15) is 6.10 Å². The van der Waals surface area contributed by atoms with E-state index in [4.69, 9.17) is 24.0 Å². The molecule has 192 valence electrons. The third-order valence-corrected chi connectivity index (χ3v) is 6.60. The van der Waals surface area contributed by atoms with Gasteiger partial charge in [0.2, 0.25) is 0 Å². The first-order valence-corrected chi connectivity index (χ1v) is 13.7. The number of hydrogen-bond donors (Lipinski definition) is 1. The van der Waals surface area contributed by atoms with E-state index < -0.39 is 35.5 Å². The van der Waals surface area contributed by atoms with Gasteiger partial charge in [-0.1, -0.05) is 72.3 Å². The fraction of sp³-hybridized carbons (Fsp3) is 0.233. The van der Waals surface area contributed by atoms with E-state index in [0.717, 1.165) is 22.7 Å². The Bertz CT molecular complexity index is 1740. The second-order valence-corrected chi connectivity index (χ2v) is 10.8. The van der Waals surface area contributed by atoms with Crippen LogP contribution in [-0.4, -0.2) is 24.8 Å². The lowest BCUT2D eigenvalue weighted by Gasteiger charge is -2.23. The molecule has 37 heavy (non-hydrogen) atoms. The molecular formula is C30H30ClNO4S. The number of nitrogens with zero attached hydrogens (tertiary/aromatic N) is 1. The van der Waals surface area contributed by atoms with Crippen molar-refractivity contribution in [1.82, 2.24) is 4.98 Å². The van der Waals surface area contributed by atoms with Crippen LogP contribution >= 0.6 is 11.6 Å². The van der Waals surface area contributed by atoms with Crippen molar-refractivity contribution in [2.24, 2.45) is 0 Å². The predicted molar refractivity (Wildman–Crippen MR) is 151 cm³/mol. The minimum atomic E-state index is -3.92. The SMILES string of the molecule is [2H]C([2H])([2H])C(O)(c1ccccc1CC[C@H](OS(C)(=O)=O)c1cccc(/C=C/c2ccc3ccc(Cl)cc3n2)c1)C([2H])([2H])[2H]. The van der Waals surface area contributed by atoms with Crippen LogP contribution in [0.25, 0.3) is 23.1 Å². The Kier molecular flexibility index (Phi) is 6.03. The number of aliphatic hydroxyl groups is 1. The molecule has 7 heteroatoms. The summed E-state index contributed by atoms with van der Waals surface area (Å²) in [6, 6.07) is 22.1. The maximum absolute atomic E-state index is 12.2. The highest BCUT2D eigenvalue weighted by Crippen LogP contribution is 2.30. The number of pyridine rings is 1. The Balaban J connectivity index is 1.64. The fourth-order valence-electron chi connectivity index (χ4n) is 4.10. The number of hydrogen-bond acceptors (Lipinski definition) is 5. The van der Waals surface area contributed by atoms with Crippen molar-refractivity contribution in [3.63, 3.8) is 0 Å². The second-order valence-electron chi connectivity index (χ2n) is 8.77. The zero-order valence-corrected chi connectivity index (χ0v) is 21.6. The van der Waals surface area contributed by atoms with Crippen LogP contribution in [0.1, 0.15) is 62.4 Å². The standard InChI is InChI=1S/C30H30ClNO4S/c1-30(2,33)27-10-5-4-8-22(27)14-18-29(36-37(3,34)35)24-9-6-7-21(19-24)11-16-26-17-13-23-12-15-25(31)20-28(23)32-26/h4-13,15-17,19-20,29,33H,14,18H2,1-3H3/b16-11+/t29-/m0/s1/i1D3,2D3. The molecule has 0 radical (unpaired) electrons. The molecule has 0 bridgehead atoms. The van der Waals surface area contributed by atoms with E-state index in [1.54, 1.807) is 36.4 Å². The van der Waals surface area contributed by atoms with Crippen LogP contribution in [0.15, 0.2) is 78.9 Å². The highest BCUT2D eigenvalue weighted by atomic mass is 35.5. The van der Waals surface area contributed by atoms with Crippen LogP contribution in [0, 0.1) is 0 Å². The van der Waals surface area contributed by atoms with Gasteiger partial charge in [-0.2, -0.15) is 8.42 Å². The van der Waals surface area contributed by atoms with Gasteiger partial charge in [0, 0.05) is 18.6 Å². The largest absolute Gasteiger partial charge is 0.386 e. The van der Waals surface area contributed by atoms with Crippen molar-refractivity contribution in [2.75, 3.05) is 6.26 Å². The Morgan fingerprint density at radius 2 is 1.84 bits per heavy atom. The van der Waals surface area contributed by atoms with E-state index in [-0.39, 0.29) is 24.0 Å². The summed E-state index contributed by atoms with van der Waals surface area (Å²) >= 11 is 6.10. The number of aryl methyl sites for hydroxylation is 1. The van der Waals surface area contributed by atoms with Crippen LogP contribution < -0.4 is 0 Å². The molecule has 0 fully saturated rings. The maximum atomic E-state index is 12.2. The summed E-state index contributed by atoms with van der Waals surface area (Å²) < 4.78 is 76.8. The molecule has 1 atom stereocenters. The molecule has 4 aromatic rings. The molecule has 0 aliphatic rings. The van der Waals surface area contributed by atoms with Gasteiger partial charge in [0.15, 0.2) is 0 Å². The molecular weight excluding hydrogens is 506 g/mol. The number of benzene rings is 3. The summed E-state index contributed by atoms with van der Waals surface area (Å²) in [5.41, 5.74) is -0.438. The van der Waals surface area contributed by atoms with Crippen LogP contribution in [0.3, 0.4) is 0 Å². The molecule has 1 N–H and O–H groups in total. The molecule has 3 aromatic carbocycles. The van der Waals surface area contributed by atoms with Crippen molar-refractivity contribution < 1.29 is 25.9 Å². The lowest BCUT2D eigenvalue weighted by Crippen LogP contribution is -2.18. The van der Waals surface area contributed by atoms with Gasteiger partial charge in [-0.15, -0.1) is 0 Å². The van der Waals surface area contributed by atoms with Gasteiger partial charge in [0.25, 0.3) is 10.1 Å². The number of aromatic nitrogens is 1. The van der Waals surface area contributed by atoms with E-state index in [1.807, 2.05) is 36.4 Å². The molecule has 0 spiro atoms. The van der Waals surface area contributed by atoms with Crippen LogP contribution in [0.2, 0.25) is 5.02 Å². The summed E-state index contributed by atoms with van der Waals surface area (Å²) in [5.74, 6) is 0. The quantitative estimate of drug-likeness (QED) is 0.232. The topological polar surface area (TPSA) is 76.5 Å². The van der Waals surface area contributed by atoms with Gasteiger partial charge in [-0.3, -0.25) is 4.18 Å². The third-order valence-electron chi connectivity index (χ3n) is 5.78. The fourth-order valence-corrected chi connectivity index (χ4v) is 4.90. The summed E-state index contributed by atoms with van der Waals surface area (Å²) in [4.78, 5) is 4.61. The Morgan fingerprint density at radius 1 is 1.05 bits per heavy atom. The van der Waals surface area contributed by atoms with Gasteiger partial charge in [-0.05, 0) is 79.1 Å². The summed E-state index contributed by atoms with van der Waals surface area (Å²) in [6.45, 7) is -6.52. The zero-order chi connectivity index (χ0) is 31.6. The molecule has 0 saturated carbocycles. The van der Waals surface area contributed by atoms with Gasteiger partial charge >= 0.3 is 0 Å². The second kappa shape index (κ2) is 11.2. The first-order chi connectivity index (χ1) is 20.0. The van der Waals surface area contributed by atoms with Crippen molar-refractivity contribution >= 4 is 44.8 Å². The predicted octanol–water partition coefficient (Wildman–Crippen LogP) is 6.94. The van der Waals surface area contributed by atoms with Gasteiger partial charge in [-0.25, -0.2) is 4.98 Å². The molecule has 1 heterocycles. The van der Waals surface area contributed by atoms with Crippen LogP contribution in [0.4, 0.5) is 0 Å². The highest BCUT2D eigenvalue weighted by molar-refractivity contribution is 7.86. The van der Waals surface area contributed by atoms with Crippen molar-refractivity contribution in [2.45, 2.75) is 38.3 Å². The monoisotopic (exact) mass is 541 g/mol. The third kappa shape index (κ3) is 7.49. The normalized spacial score (nSPS) is 16.4. The lowest BCUT2D eigenvalue weighted by molar-refractivity contribution is 0.0773. The average Bonchev–Trinajstić information content (AvgIpc) is 2.92. The van der Waals surface area contributed by atoms with E-state index in [0.29, 0.717) is 16.3 Å². The Hall–Kier alpha value is -3.03. The van der Waals surface area contributed by atoms with E-state index in [1.165, 1.54) is 18.2 Å². The molecule has 1 aromatic heterocycles. The van der Waals surface area contributed by atoms with E-state index in [2.05, 4.69) is 4.98 Å². The zero-order valence-electron chi connectivity index (χ0n) is 26.1. The Morgan fingerprint density at radius 3 is 2.62 bits per heavy atom. The molecule has 0 saturated heterocycles. The summed E-state index contributed by atoms with van der Waals surface area (Å²) in [7, 11) is -3.92. The molecule has 5 nitrogen and oxygen atoms in total. The van der Waals surface area contributed by atoms with Crippen LogP contribution in [0.5, 0.6) is 0 Å². The molecule has 0 amide bonds. The Labute approximate surface area is 232 Å². The summed E-state index contributed by atoms with van der Waals surface area (Å²) in [5, 5.41) is 12.6. The summed E-state index contributed by atoms with van der Waals surface area (Å²) in [6.07, 6.45) is 3.65.